The monoisotopic (exact) mass is 470 g/mol. The SMILES string of the molecule is CS(=O)(=O)c1cccc(CC(=O)NC[C@@H]2CN(Cc3ccc(Cl)c(Cl)c3)CCO2)c1. The number of nitrogens with one attached hydrogen (secondary N) is 1. The van der Waals surface area contributed by atoms with Gasteiger partial charge in [0.25, 0.3) is 0 Å². The van der Waals surface area contributed by atoms with Crippen molar-refractivity contribution in [1.82, 2.24) is 10.2 Å². The number of nitrogens with zero attached hydrogens (tertiary/aromatic N) is 1. The van der Waals surface area contributed by atoms with E-state index in [0.29, 0.717) is 35.3 Å². The van der Waals surface area contributed by atoms with Gasteiger partial charge in [0.2, 0.25) is 5.91 Å². The molecule has 1 N–H and O–H groups in total. The fraction of sp³-hybridized carbons (Fsp3) is 0.381. The van der Waals surface area contributed by atoms with Crippen molar-refractivity contribution in [2.45, 2.75) is 24.0 Å². The summed E-state index contributed by atoms with van der Waals surface area (Å²) in [5.41, 5.74) is 1.72. The third kappa shape index (κ3) is 6.68. The third-order valence-electron chi connectivity index (χ3n) is 4.83. The highest BCUT2D eigenvalue weighted by Gasteiger charge is 2.21. The van der Waals surface area contributed by atoms with E-state index in [-0.39, 0.29) is 23.3 Å². The molecule has 1 fully saturated rings. The van der Waals surface area contributed by atoms with E-state index in [0.717, 1.165) is 24.9 Å². The normalized spacial score (nSPS) is 17.6. The molecule has 30 heavy (non-hydrogen) atoms. The van der Waals surface area contributed by atoms with Crippen molar-refractivity contribution in [1.29, 1.82) is 0 Å². The van der Waals surface area contributed by atoms with Gasteiger partial charge in [-0.15, -0.1) is 0 Å². The van der Waals surface area contributed by atoms with E-state index in [1.165, 1.54) is 12.1 Å². The van der Waals surface area contributed by atoms with E-state index in [4.69, 9.17) is 27.9 Å². The number of hydrogen-bond acceptors (Lipinski definition) is 5. The van der Waals surface area contributed by atoms with Crippen LogP contribution in [0.15, 0.2) is 47.4 Å². The Hall–Kier alpha value is -1.64. The van der Waals surface area contributed by atoms with Gasteiger partial charge >= 0.3 is 0 Å². The Morgan fingerprint density at radius 3 is 2.70 bits per heavy atom. The van der Waals surface area contributed by atoms with Crippen LogP contribution in [-0.4, -0.2) is 57.8 Å². The van der Waals surface area contributed by atoms with Crippen LogP contribution in [0.25, 0.3) is 0 Å². The minimum absolute atomic E-state index is 0.114. The lowest BCUT2D eigenvalue weighted by atomic mass is 10.1. The minimum Gasteiger partial charge on any atom is -0.374 e. The van der Waals surface area contributed by atoms with Gasteiger partial charge in [-0.05, 0) is 35.4 Å². The van der Waals surface area contributed by atoms with E-state index in [9.17, 15) is 13.2 Å². The Balaban J connectivity index is 1.49. The van der Waals surface area contributed by atoms with Crippen LogP contribution in [0.5, 0.6) is 0 Å². The van der Waals surface area contributed by atoms with Crippen molar-refractivity contribution in [3.05, 3.63) is 63.6 Å². The standard InChI is InChI=1S/C21H24Cl2N2O4S/c1-30(27,28)18-4-2-3-15(9-18)11-21(26)24-12-17-14-25(7-8-29-17)13-16-5-6-19(22)20(23)10-16/h2-6,9-10,17H,7-8,11-14H2,1H3,(H,24,26)/t17-/m1/s1. The van der Waals surface area contributed by atoms with Gasteiger partial charge < -0.3 is 10.1 Å². The van der Waals surface area contributed by atoms with E-state index in [1.54, 1.807) is 18.2 Å². The molecule has 0 radical (unpaired) electrons. The Morgan fingerprint density at radius 2 is 1.97 bits per heavy atom. The number of ether oxygens (including phenoxy) is 1. The molecule has 6 nitrogen and oxygen atoms in total. The van der Waals surface area contributed by atoms with Gasteiger partial charge in [0.1, 0.15) is 0 Å². The smallest absolute Gasteiger partial charge is 0.224 e. The summed E-state index contributed by atoms with van der Waals surface area (Å²) in [5.74, 6) is -0.175. The van der Waals surface area contributed by atoms with Crippen molar-refractivity contribution in [2.75, 3.05) is 32.5 Å². The Bertz CT molecular complexity index is 1010. The summed E-state index contributed by atoms with van der Waals surface area (Å²) in [6.45, 7) is 3.18. The van der Waals surface area contributed by atoms with E-state index >= 15 is 0 Å². The van der Waals surface area contributed by atoms with Gasteiger partial charge in [-0.25, -0.2) is 8.42 Å². The summed E-state index contributed by atoms with van der Waals surface area (Å²) in [6.07, 6.45) is 1.15. The topological polar surface area (TPSA) is 75.7 Å². The van der Waals surface area contributed by atoms with Gasteiger partial charge in [-0.1, -0.05) is 41.4 Å². The number of morpholine rings is 1. The van der Waals surface area contributed by atoms with Crippen LogP contribution in [0.3, 0.4) is 0 Å². The zero-order valence-corrected chi connectivity index (χ0v) is 18.9. The van der Waals surface area contributed by atoms with Crippen LogP contribution < -0.4 is 5.32 Å². The van der Waals surface area contributed by atoms with E-state index < -0.39 is 9.84 Å². The van der Waals surface area contributed by atoms with Crippen LogP contribution in [0, 0.1) is 0 Å². The number of carbonyl (C=O) groups excluding carboxylic acids is 1. The first-order valence-corrected chi connectivity index (χ1v) is 12.2. The fourth-order valence-corrected chi connectivity index (χ4v) is 4.32. The number of halogens is 2. The molecular weight excluding hydrogens is 447 g/mol. The molecule has 0 saturated carbocycles. The highest BCUT2D eigenvalue weighted by Crippen LogP contribution is 2.23. The third-order valence-corrected chi connectivity index (χ3v) is 6.68. The number of rotatable bonds is 7. The first-order chi connectivity index (χ1) is 14.2. The first-order valence-electron chi connectivity index (χ1n) is 9.54. The second-order valence-electron chi connectivity index (χ2n) is 7.38. The van der Waals surface area contributed by atoms with Crippen LogP contribution in [0.1, 0.15) is 11.1 Å². The summed E-state index contributed by atoms with van der Waals surface area (Å²) < 4.78 is 29.1. The van der Waals surface area contributed by atoms with Gasteiger partial charge in [-0.3, -0.25) is 9.69 Å². The average Bonchev–Trinajstić information content (AvgIpc) is 2.69. The molecule has 1 saturated heterocycles. The van der Waals surface area contributed by atoms with Gasteiger partial charge in [0.05, 0.1) is 34.1 Å². The number of sulfone groups is 1. The lowest BCUT2D eigenvalue weighted by molar-refractivity contribution is -0.121. The molecule has 2 aromatic rings. The Labute approximate surface area is 187 Å². The number of amides is 1. The summed E-state index contributed by atoms with van der Waals surface area (Å²) in [7, 11) is -3.30. The van der Waals surface area contributed by atoms with Crippen LogP contribution in [-0.2, 0) is 32.3 Å². The van der Waals surface area contributed by atoms with Crippen LogP contribution in [0.2, 0.25) is 10.0 Å². The molecule has 1 atom stereocenters. The maximum absolute atomic E-state index is 12.3. The van der Waals surface area contributed by atoms with Crippen molar-refractivity contribution < 1.29 is 17.9 Å². The maximum atomic E-state index is 12.3. The number of hydrogen-bond donors (Lipinski definition) is 1. The molecule has 0 spiro atoms. The predicted octanol–water partition coefficient (Wildman–Crippen LogP) is 2.96. The molecule has 1 amide bonds. The van der Waals surface area contributed by atoms with Gasteiger partial charge in [0, 0.05) is 32.4 Å². The van der Waals surface area contributed by atoms with Gasteiger partial charge in [-0.2, -0.15) is 0 Å². The van der Waals surface area contributed by atoms with Crippen molar-refractivity contribution >= 4 is 38.9 Å². The van der Waals surface area contributed by atoms with Crippen molar-refractivity contribution in [3.63, 3.8) is 0 Å². The van der Waals surface area contributed by atoms with Crippen LogP contribution in [0.4, 0.5) is 0 Å². The zero-order chi connectivity index (χ0) is 21.7. The second-order valence-corrected chi connectivity index (χ2v) is 10.2. The quantitative estimate of drug-likeness (QED) is 0.672. The highest BCUT2D eigenvalue weighted by molar-refractivity contribution is 7.90. The minimum atomic E-state index is -3.30. The molecule has 1 heterocycles. The number of carbonyl (C=O) groups is 1. The Kier molecular flexibility index (Phi) is 7.76. The number of benzene rings is 2. The molecule has 0 aliphatic carbocycles. The fourth-order valence-electron chi connectivity index (χ4n) is 3.31. The van der Waals surface area contributed by atoms with Crippen LogP contribution >= 0.6 is 23.2 Å². The molecule has 162 valence electrons. The first kappa shape index (κ1) is 23.0. The summed E-state index contributed by atoms with van der Waals surface area (Å²) >= 11 is 12.1. The summed E-state index contributed by atoms with van der Waals surface area (Å²) in [6, 6.07) is 12.0. The molecule has 0 aromatic heterocycles. The molecule has 0 unspecified atom stereocenters. The lowest BCUT2D eigenvalue weighted by Gasteiger charge is -2.33. The highest BCUT2D eigenvalue weighted by atomic mass is 35.5. The maximum Gasteiger partial charge on any atom is 0.224 e. The summed E-state index contributed by atoms with van der Waals surface area (Å²) in [5, 5.41) is 3.95. The average molecular weight is 471 g/mol. The predicted molar refractivity (Wildman–Crippen MR) is 118 cm³/mol. The molecule has 3 rings (SSSR count). The summed E-state index contributed by atoms with van der Waals surface area (Å²) in [4.78, 5) is 14.8. The molecular formula is C21H24Cl2N2O4S. The molecule has 1 aliphatic heterocycles. The molecule has 0 bridgehead atoms. The van der Waals surface area contributed by atoms with E-state index in [2.05, 4.69) is 10.2 Å². The van der Waals surface area contributed by atoms with Gasteiger partial charge in [0.15, 0.2) is 9.84 Å². The van der Waals surface area contributed by atoms with E-state index in [1.807, 2.05) is 12.1 Å². The molecule has 1 aliphatic rings. The Morgan fingerprint density at radius 1 is 1.17 bits per heavy atom. The second kappa shape index (κ2) is 10.1. The zero-order valence-electron chi connectivity index (χ0n) is 16.6. The lowest BCUT2D eigenvalue weighted by Crippen LogP contribution is -2.47. The van der Waals surface area contributed by atoms with Crippen molar-refractivity contribution in [2.24, 2.45) is 0 Å². The van der Waals surface area contributed by atoms with Crippen molar-refractivity contribution in [3.8, 4) is 0 Å². The molecule has 2 aromatic carbocycles. The molecule has 9 heteroatoms. The largest absolute Gasteiger partial charge is 0.374 e.